The smallest absolute Gasteiger partial charge is 0.216 e. The van der Waals surface area contributed by atoms with E-state index in [4.69, 9.17) is 5.53 Å². The predicted octanol–water partition coefficient (Wildman–Crippen LogP) is 2.76. The first kappa shape index (κ1) is 11.0. The molecule has 0 N–H and O–H groups in total. The zero-order valence-electron chi connectivity index (χ0n) is 7.18. The molecule has 0 fully saturated rings. The first-order valence-corrected chi connectivity index (χ1v) is 5.78. The van der Waals surface area contributed by atoms with E-state index >= 15 is 0 Å². The van der Waals surface area contributed by atoms with Crippen molar-refractivity contribution in [3.63, 3.8) is 0 Å². The number of aryl methyl sites for hydroxylation is 1. The van der Waals surface area contributed by atoms with Gasteiger partial charge in [0.1, 0.15) is 0 Å². The van der Waals surface area contributed by atoms with Crippen LogP contribution in [0.15, 0.2) is 32.1 Å². The normalized spacial score (nSPS) is 10.7. The Morgan fingerprint density at radius 1 is 1.50 bits per heavy atom. The summed E-state index contributed by atoms with van der Waals surface area (Å²) in [4.78, 5) is 2.24. The molecule has 0 aliphatic rings. The molecule has 0 radical (unpaired) electrons. The van der Waals surface area contributed by atoms with Crippen LogP contribution in [0.5, 0.6) is 0 Å². The molecule has 0 aromatic heterocycles. The van der Waals surface area contributed by atoms with Crippen molar-refractivity contribution >= 4 is 26.0 Å². The molecule has 0 heterocycles. The van der Waals surface area contributed by atoms with Crippen molar-refractivity contribution in [3.05, 3.63) is 38.7 Å². The molecule has 1 aromatic rings. The Balaban J connectivity index is 3.41. The van der Waals surface area contributed by atoms with Gasteiger partial charge in [-0.05, 0) is 46.1 Å². The van der Waals surface area contributed by atoms with E-state index in [1.165, 1.54) is 6.07 Å². The van der Waals surface area contributed by atoms with Gasteiger partial charge >= 0.3 is 0 Å². The Labute approximate surface area is 89.6 Å². The summed E-state index contributed by atoms with van der Waals surface area (Å²) in [6.45, 7) is 1.83. The predicted molar refractivity (Wildman–Crippen MR) is 55.2 cm³/mol. The van der Waals surface area contributed by atoms with E-state index in [-0.39, 0.29) is 4.90 Å². The molecule has 0 unspecified atom stereocenters. The second-order valence-corrected chi connectivity index (χ2v) is 4.99. The third-order valence-electron chi connectivity index (χ3n) is 1.51. The van der Waals surface area contributed by atoms with E-state index in [0.717, 1.165) is 5.56 Å². The Kier molecular flexibility index (Phi) is 3.15. The fourth-order valence-corrected chi connectivity index (χ4v) is 2.74. The van der Waals surface area contributed by atoms with Crippen LogP contribution < -0.4 is 0 Å². The maximum atomic E-state index is 11.3. The molecule has 0 aliphatic heterocycles. The number of hydrogen-bond acceptors (Lipinski definition) is 2. The largest absolute Gasteiger partial charge is 0.265 e. The SMILES string of the molecule is Cc1ccc(S(=O)(=O)N=[N+]=[N-])c(Br)c1. The Morgan fingerprint density at radius 3 is 2.64 bits per heavy atom. The molecule has 0 saturated carbocycles. The molecule has 0 atom stereocenters. The van der Waals surface area contributed by atoms with E-state index in [2.05, 4.69) is 25.4 Å². The molecule has 5 nitrogen and oxygen atoms in total. The van der Waals surface area contributed by atoms with Gasteiger partial charge in [0, 0.05) is 13.9 Å². The number of halogens is 1. The summed E-state index contributed by atoms with van der Waals surface area (Å²) in [6, 6.07) is 4.66. The highest BCUT2D eigenvalue weighted by Gasteiger charge is 2.15. The molecule has 0 spiro atoms. The third kappa shape index (κ3) is 2.25. The van der Waals surface area contributed by atoms with E-state index in [9.17, 15) is 8.42 Å². The lowest BCUT2D eigenvalue weighted by Gasteiger charge is -2.01. The first-order valence-electron chi connectivity index (χ1n) is 3.55. The number of azide groups is 1. The molecule has 1 aromatic carbocycles. The Morgan fingerprint density at radius 2 is 2.14 bits per heavy atom. The standard InChI is InChI=1S/C7H6BrN3O2S/c1-5-2-3-7(6(8)4-5)14(12,13)11-10-9/h2-4H,1H3. The van der Waals surface area contributed by atoms with Gasteiger partial charge in [-0.25, -0.2) is 8.42 Å². The zero-order chi connectivity index (χ0) is 10.8. The quantitative estimate of drug-likeness (QED) is 0.472. The topological polar surface area (TPSA) is 82.9 Å². The summed E-state index contributed by atoms with van der Waals surface area (Å²) in [6.07, 6.45) is 0. The van der Waals surface area contributed by atoms with E-state index in [0.29, 0.717) is 4.47 Å². The lowest BCUT2D eigenvalue weighted by Crippen LogP contribution is -1.96. The van der Waals surface area contributed by atoms with Crippen molar-refractivity contribution in [3.8, 4) is 0 Å². The van der Waals surface area contributed by atoms with Crippen LogP contribution in [0.3, 0.4) is 0 Å². The van der Waals surface area contributed by atoms with Crippen molar-refractivity contribution in [2.24, 2.45) is 4.52 Å². The minimum absolute atomic E-state index is 0.0269. The van der Waals surface area contributed by atoms with E-state index in [1.54, 1.807) is 12.1 Å². The average Bonchev–Trinajstić information content (AvgIpc) is 2.02. The average molecular weight is 276 g/mol. The molecular formula is C7H6BrN3O2S. The molecule has 0 amide bonds. The highest BCUT2D eigenvalue weighted by Crippen LogP contribution is 2.24. The lowest BCUT2D eigenvalue weighted by atomic mass is 10.2. The number of rotatable bonds is 2. The van der Waals surface area contributed by atoms with Crippen LogP contribution >= 0.6 is 15.9 Å². The second-order valence-electron chi connectivity index (χ2n) is 2.58. The third-order valence-corrected chi connectivity index (χ3v) is 3.63. The second kappa shape index (κ2) is 4.00. The van der Waals surface area contributed by atoms with Crippen molar-refractivity contribution < 1.29 is 8.42 Å². The van der Waals surface area contributed by atoms with Crippen LogP contribution in [0.4, 0.5) is 0 Å². The summed E-state index contributed by atoms with van der Waals surface area (Å²) in [5.74, 6) is 0. The number of nitrogens with zero attached hydrogens (tertiary/aromatic N) is 3. The molecule has 0 saturated heterocycles. The maximum Gasteiger partial charge on any atom is 0.265 e. The molecular weight excluding hydrogens is 270 g/mol. The van der Waals surface area contributed by atoms with Gasteiger partial charge in [-0.15, -0.1) is 0 Å². The molecule has 1 rings (SSSR count). The van der Waals surface area contributed by atoms with Gasteiger partial charge in [0.2, 0.25) is 0 Å². The summed E-state index contributed by atoms with van der Waals surface area (Å²) in [7, 11) is -3.90. The molecule has 0 bridgehead atoms. The van der Waals surface area contributed by atoms with Crippen LogP contribution in [0.25, 0.3) is 10.4 Å². The first-order chi connectivity index (χ1) is 6.47. The van der Waals surface area contributed by atoms with Crippen LogP contribution in [-0.2, 0) is 10.0 Å². The van der Waals surface area contributed by atoms with Crippen LogP contribution in [-0.4, -0.2) is 8.42 Å². The summed E-state index contributed by atoms with van der Waals surface area (Å²) >= 11 is 3.09. The summed E-state index contributed by atoms with van der Waals surface area (Å²) < 4.78 is 25.8. The van der Waals surface area contributed by atoms with E-state index in [1.807, 2.05) is 6.92 Å². The molecule has 7 heteroatoms. The minimum atomic E-state index is -3.90. The molecule has 0 aliphatic carbocycles. The zero-order valence-corrected chi connectivity index (χ0v) is 9.58. The monoisotopic (exact) mass is 275 g/mol. The summed E-state index contributed by atoms with van der Waals surface area (Å²) in [5.41, 5.74) is 8.99. The summed E-state index contributed by atoms with van der Waals surface area (Å²) in [5, 5.41) is 0. The van der Waals surface area contributed by atoms with Gasteiger partial charge < -0.3 is 0 Å². The van der Waals surface area contributed by atoms with E-state index < -0.39 is 10.0 Å². The fourth-order valence-electron chi connectivity index (χ4n) is 0.907. The van der Waals surface area contributed by atoms with Gasteiger partial charge in [0.05, 0.1) is 4.90 Å². The molecule has 14 heavy (non-hydrogen) atoms. The fraction of sp³-hybridized carbons (Fsp3) is 0.143. The van der Waals surface area contributed by atoms with Gasteiger partial charge in [0.25, 0.3) is 10.0 Å². The molecule has 74 valence electrons. The highest BCUT2D eigenvalue weighted by atomic mass is 79.9. The Bertz CT molecular complexity index is 506. The Hall–Kier alpha value is -1.04. The highest BCUT2D eigenvalue weighted by molar-refractivity contribution is 9.10. The van der Waals surface area contributed by atoms with Gasteiger partial charge in [-0.1, -0.05) is 6.07 Å². The minimum Gasteiger partial charge on any atom is -0.216 e. The van der Waals surface area contributed by atoms with Gasteiger partial charge in [-0.2, -0.15) is 0 Å². The number of benzene rings is 1. The maximum absolute atomic E-state index is 11.3. The van der Waals surface area contributed by atoms with Crippen molar-refractivity contribution in [2.45, 2.75) is 11.8 Å². The van der Waals surface area contributed by atoms with Crippen LogP contribution in [0, 0.1) is 6.92 Å². The van der Waals surface area contributed by atoms with Crippen molar-refractivity contribution in [1.82, 2.24) is 0 Å². The van der Waals surface area contributed by atoms with Gasteiger partial charge in [0.15, 0.2) is 0 Å². The van der Waals surface area contributed by atoms with Gasteiger partial charge in [-0.3, -0.25) is 0 Å². The van der Waals surface area contributed by atoms with Crippen molar-refractivity contribution in [2.75, 3.05) is 0 Å². The lowest BCUT2D eigenvalue weighted by molar-refractivity contribution is 0.597. The van der Waals surface area contributed by atoms with Crippen LogP contribution in [0.2, 0.25) is 0 Å². The number of sulfonamides is 1. The van der Waals surface area contributed by atoms with Crippen molar-refractivity contribution in [1.29, 1.82) is 0 Å². The van der Waals surface area contributed by atoms with Crippen LogP contribution in [0.1, 0.15) is 5.56 Å². The number of hydrogen-bond donors (Lipinski definition) is 0.